The zero-order valence-electron chi connectivity index (χ0n) is 13.3. The number of aryl methyl sites for hydroxylation is 1. The van der Waals surface area contributed by atoms with Gasteiger partial charge in [-0.25, -0.2) is 0 Å². The van der Waals surface area contributed by atoms with Crippen molar-refractivity contribution >= 4 is 11.8 Å². The highest BCUT2D eigenvalue weighted by atomic mass is 32.2. The Morgan fingerprint density at radius 2 is 1.95 bits per heavy atom. The SMILES string of the molecule is Cc1cccc(-n2nnnc2SCCN2CCCCC2)c1C. The van der Waals surface area contributed by atoms with Crippen LogP contribution in [0.4, 0.5) is 0 Å². The van der Waals surface area contributed by atoms with Crippen LogP contribution in [0.25, 0.3) is 5.69 Å². The monoisotopic (exact) mass is 317 g/mol. The highest BCUT2D eigenvalue weighted by molar-refractivity contribution is 7.99. The van der Waals surface area contributed by atoms with E-state index in [2.05, 4.69) is 52.5 Å². The van der Waals surface area contributed by atoms with Crippen LogP contribution in [0.5, 0.6) is 0 Å². The van der Waals surface area contributed by atoms with Gasteiger partial charge in [0, 0.05) is 12.3 Å². The van der Waals surface area contributed by atoms with Crippen molar-refractivity contribution in [2.75, 3.05) is 25.4 Å². The number of hydrogen-bond acceptors (Lipinski definition) is 5. The minimum Gasteiger partial charge on any atom is -0.303 e. The van der Waals surface area contributed by atoms with Crippen molar-refractivity contribution in [2.45, 2.75) is 38.3 Å². The van der Waals surface area contributed by atoms with Gasteiger partial charge in [-0.1, -0.05) is 30.3 Å². The third-order valence-electron chi connectivity index (χ3n) is 4.33. The molecule has 1 fully saturated rings. The van der Waals surface area contributed by atoms with Gasteiger partial charge in [0.25, 0.3) is 0 Å². The predicted molar refractivity (Wildman–Crippen MR) is 89.6 cm³/mol. The maximum absolute atomic E-state index is 4.19. The van der Waals surface area contributed by atoms with Gasteiger partial charge in [-0.15, -0.1) is 5.10 Å². The van der Waals surface area contributed by atoms with Crippen LogP contribution in [0.1, 0.15) is 30.4 Å². The van der Waals surface area contributed by atoms with Gasteiger partial charge < -0.3 is 4.90 Å². The number of hydrogen-bond donors (Lipinski definition) is 0. The van der Waals surface area contributed by atoms with Gasteiger partial charge in [-0.2, -0.15) is 4.68 Å². The zero-order valence-corrected chi connectivity index (χ0v) is 14.1. The Hall–Kier alpha value is -1.40. The average Bonchev–Trinajstić information content (AvgIpc) is 2.99. The Morgan fingerprint density at radius 3 is 2.77 bits per heavy atom. The van der Waals surface area contributed by atoms with Gasteiger partial charge in [0.1, 0.15) is 0 Å². The van der Waals surface area contributed by atoms with E-state index in [1.807, 2.05) is 4.68 Å². The average molecular weight is 317 g/mol. The largest absolute Gasteiger partial charge is 0.303 e. The van der Waals surface area contributed by atoms with Crippen molar-refractivity contribution in [3.8, 4) is 5.69 Å². The molecule has 0 amide bonds. The summed E-state index contributed by atoms with van der Waals surface area (Å²) in [7, 11) is 0. The van der Waals surface area contributed by atoms with Gasteiger partial charge in [-0.05, 0) is 67.4 Å². The molecule has 1 saturated heterocycles. The van der Waals surface area contributed by atoms with Crippen molar-refractivity contribution in [1.82, 2.24) is 25.1 Å². The van der Waals surface area contributed by atoms with E-state index in [9.17, 15) is 0 Å². The zero-order chi connectivity index (χ0) is 15.4. The second-order valence-electron chi connectivity index (χ2n) is 5.84. The Morgan fingerprint density at radius 1 is 1.14 bits per heavy atom. The summed E-state index contributed by atoms with van der Waals surface area (Å²) in [6, 6.07) is 6.25. The molecule has 0 radical (unpaired) electrons. The van der Waals surface area contributed by atoms with Crippen molar-refractivity contribution in [3.05, 3.63) is 29.3 Å². The highest BCUT2D eigenvalue weighted by Crippen LogP contribution is 2.22. The van der Waals surface area contributed by atoms with Crippen LogP contribution in [0.15, 0.2) is 23.4 Å². The topological polar surface area (TPSA) is 46.8 Å². The van der Waals surface area contributed by atoms with Crippen molar-refractivity contribution in [1.29, 1.82) is 0 Å². The van der Waals surface area contributed by atoms with E-state index >= 15 is 0 Å². The Bertz CT molecular complexity index is 619. The van der Waals surface area contributed by atoms with E-state index in [0.717, 1.165) is 23.1 Å². The molecule has 0 bridgehead atoms. The highest BCUT2D eigenvalue weighted by Gasteiger charge is 2.14. The molecule has 0 N–H and O–H groups in total. The molecule has 0 aliphatic carbocycles. The molecule has 22 heavy (non-hydrogen) atoms. The quantitative estimate of drug-likeness (QED) is 0.794. The van der Waals surface area contributed by atoms with E-state index in [-0.39, 0.29) is 0 Å². The first-order valence-corrected chi connectivity index (χ1v) is 8.94. The molecule has 2 aromatic rings. The van der Waals surface area contributed by atoms with Crippen LogP contribution in [0.3, 0.4) is 0 Å². The molecular weight excluding hydrogens is 294 g/mol. The molecule has 1 aliphatic heterocycles. The summed E-state index contributed by atoms with van der Waals surface area (Å²) in [4.78, 5) is 2.54. The number of tetrazole rings is 1. The molecule has 5 nitrogen and oxygen atoms in total. The summed E-state index contributed by atoms with van der Waals surface area (Å²) in [5, 5.41) is 13.1. The number of aromatic nitrogens is 4. The molecule has 0 saturated carbocycles. The minimum atomic E-state index is 0.880. The summed E-state index contributed by atoms with van der Waals surface area (Å²) < 4.78 is 1.86. The lowest BCUT2D eigenvalue weighted by Crippen LogP contribution is -2.31. The lowest BCUT2D eigenvalue weighted by molar-refractivity contribution is 0.242. The smallest absolute Gasteiger partial charge is 0.214 e. The van der Waals surface area contributed by atoms with Gasteiger partial charge in [0.05, 0.1) is 5.69 Å². The van der Waals surface area contributed by atoms with Crippen molar-refractivity contribution < 1.29 is 0 Å². The summed E-state index contributed by atoms with van der Waals surface area (Å²) in [5.41, 5.74) is 3.57. The molecule has 0 unspecified atom stereocenters. The number of benzene rings is 1. The van der Waals surface area contributed by atoms with Gasteiger partial charge in [0.2, 0.25) is 5.16 Å². The molecular formula is C16H23N5S. The fourth-order valence-corrected chi connectivity index (χ4v) is 3.72. The Balaban J connectivity index is 1.66. The molecule has 118 valence electrons. The lowest BCUT2D eigenvalue weighted by atomic mass is 10.1. The second kappa shape index (κ2) is 7.24. The number of thioether (sulfide) groups is 1. The summed E-state index contributed by atoms with van der Waals surface area (Å²) in [5.74, 6) is 1.03. The van der Waals surface area contributed by atoms with Gasteiger partial charge in [-0.3, -0.25) is 0 Å². The van der Waals surface area contributed by atoms with Crippen LogP contribution in [-0.4, -0.2) is 50.5 Å². The van der Waals surface area contributed by atoms with Crippen molar-refractivity contribution in [3.63, 3.8) is 0 Å². The van der Waals surface area contributed by atoms with Crippen molar-refractivity contribution in [2.24, 2.45) is 0 Å². The first-order chi connectivity index (χ1) is 10.8. The van der Waals surface area contributed by atoms with Crippen LogP contribution in [0.2, 0.25) is 0 Å². The fraction of sp³-hybridized carbons (Fsp3) is 0.562. The van der Waals surface area contributed by atoms with Crippen LogP contribution in [-0.2, 0) is 0 Å². The predicted octanol–water partition coefficient (Wildman–Crippen LogP) is 2.86. The fourth-order valence-electron chi connectivity index (χ4n) is 2.83. The summed E-state index contributed by atoms with van der Waals surface area (Å²) in [6.07, 6.45) is 4.06. The molecule has 0 atom stereocenters. The molecule has 3 rings (SSSR count). The molecule has 1 aromatic carbocycles. The minimum absolute atomic E-state index is 0.880. The Kier molecular flexibility index (Phi) is 5.10. The van der Waals surface area contributed by atoms with E-state index < -0.39 is 0 Å². The normalized spacial score (nSPS) is 16.1. The first-order valence-electron chi connectivity index (χ1n) is 7.96. The van der Waals surface area contributed by atoms with E-state index in [1.54, 1.807) is 11.8 Å². The summed E-state index contributed by atoms with van der Waals surface area (Å²) in [6.45, 7) is 7.83. The van der Waals surface area contributed by atoms with Crippen LogP contribution >= 0.6 is 11.8 Å². The maximum atomic E-state index is 4.19. The molecule has 6 heteroatoms. The Labute approximate surface area is 136 Å². The van der Waals surface area contributed by atoms with Crippen LogP contribution in [0, 0.1) is 13.8 Å². The van der Waals surface area contributed by atoms with E-state index in [1.165, 1.54) is 43.5 Å². The summed E-state index contributed by atoms with van der Waals surface area (Å²) >= 11 is 1.74. The van der Waals surface area contributed by atoms with Gasteiger partial charge >= 0.3 is 0 Å². The second-order valence-corrected chi connectivity index (χ2v) is 6.91. The standard InChI is InChI=1S/C16H23N5S/c1-13-7-6-8-15(14(13)2)21-16(17-18-19-21)22-12-11-20-9-4-3-5-10-20/h6-8H,3-5,9-12H2,1-2H3. The van der Waals surface area contributed by atoms with E-state index in [0.29, 0.717) is 0 Å². The number of nitrogens with zero attached hydrogens (tertiary/aromatic N) is 5. The van der Waals surface area contributed by atoms with Gasteiger partial charge in [0.15, 0.2) is 0 Å². The molecule has 0 spiro atoms. The first kappa shape index (κ1) is 15.5. The van der Waals surface area contributed by atoms with Crippen LogP contribution < -0.4 is 0 Å². The number of piperidine rings is 1. The molecule has 1 aliphatic rings. The lowest BCUT2D eigenvalue weighted by Gasteiger charge is -2.25. The maximum Gasteiger partial charge on any atom is 0.214 e. The molecule has 1 aromatic heterocycles. The number of likely N-dealkylation sites (tertiary alicyclic amines) is 1. The third-order valence-corrected chi connectivity index (χ3v) is 5.23. The number of rotatable bonds is 5. The molecule has 2 heterocycles. The van der Waals surface area contributed by atoms with E-state index in [4.69, 9.17) is 0 Å². The third kappa shape index (κ3) is 3.50.